The summed E-state index contributed by atoms with van der Waals surface area (Å²) in [5.74, 6) is 0. The van der Waals surface area contributed by atoms with Crippen molar-refractivity contribution < 1.29 is 0 Å². The van der Waals surface area contributed by atoms with Crippen LogP contribution in [0.3, 0.4) is 0 Å². The molecule has 4 rings (SSSR count). The van der Waals surface area contributed by atoms with Crippen LogP contribution in [0.25, 0.3) is 0 Å². The molecule has 2 heteroatoms. The predicted molar refractivity (Wildman–Crippen MR) is 78.1 cm³/mol. The van der Waals surface area contributed by atoms with Crippen LogP contribution in [0.5, 0.6) is 0 Å². The molecule has 2 saturated heterocycles. The van der Waals surface area contributed by atoms with E-state index in [2.05, 4.69) is 30.0 Å². The second-order valence-corrected chi connectivity index (χ2v) is 6.82. The van der Waals surface area contributed by atoms with E-state index in [1.54, 1.807) is 11.1 Å². The standard InChI is InChI=1S/C17H24N2/c1-11-2-3-12-4-7-17(16(12)8-11)19-14-5-6-15(19)10-13(18)9-14/h2-3,8,13-15,17H,4-7,9-10,18H2,1H3. The van der Waals surface area contributed by atoms with Gasteiger partial charge in [0.1, 0.15) is 0 Å². The molecule has 0 amide bonds. The molecule has 3 unspecified atom stereocenters. The number of hydrogen-bond acceptors (Lipinski definition) is 2. The zero-order chi connectivity index (χ0) is 13.0. The van der Waals surface area contributed by atoms with Gasteiger partial charge in [0.15, 0.2) is 0 Å². The minimum Gasteiger partial charge on any atom is -0.328 e. The number of hydrogen-bond donors (Lipinski definition) is 1. The fourth-order valence-electron chi connectivity index (χ4n) is 4.77. The zero-order valence-corrected chi connectivity index (χ0v) is 11.8. The summed E-state index contributed by atoms with van der Waals surface area (Å²) in [7, 11) is 0. The second-order valence-electron chi connectivity index (χ2n) is 6.82. The largest absolute Gasteiger partial charge is 0.328 e. The van der Waals surface area contributed by atoms with Crippen molar-refractivity contribution >= 4 is 0 Å². The van der Waals surface area contributed by atoms with Gasteiger partial charge in [-0.25, -0.2) is 0 Å². The number of fused-ring (bicyclic) bond motifs is 3. The van der Waals surface area contributed by atoms with Gasteiger partial charge in [0.05, 0.1) is 0 Å². The molecule has 2 fully saturated rings. The summed E-state index contributed by atoms with van der Waals surface area (Å²) >= 11 is 0. The molecule has 102 valence electrons. The lowest BCUT2D eigenvalue weighted by molar-refractivity contribution is 0.0773. The van der Waals surface area contributed by atoms with Gasteiger partial charge in [-0.3, -0.25) is 4.90 Å². The maximum Gasteiger partial charge on any atom is 0.0360 e. The highest BCUT2D eigenvalue weighted by Gasteiger charge is 2.44. The number of aryl methyl sites for hydroxylation is 2. The number of piperidine rings is 1. The Balaban J connectivity index is 1.67. The number of rotatable bonds is 1. The van der Waals surface area contributed by atoms with Crippen LogP contribution in [-0.2, 0) is 6.42 Å². The number of nitrogens with two attached hydrogens (primary N) is 1. The fraction of sp³-hybridized carbons (Fsp3) is 0.647. The molecule has 3 aliphatic rings. The normalized spacial score (nSPS) is 37.6. The molecule has 0 radical (unpaired) electrons. The monoisotopic (exact) mass is 256 g/mol. The fourth-order valence-corrected chi connectivity index (χ4v) is 4.77. The summed E-state index contributed by atoms with van der Waals surface area (Å²) in [6.07, 6.45) is 7.76. The van der Waals surface area contributed by atoms with Crippen molar-refractivity contribution in [3.05, 3.63) is 34.9 Å². The van der Waals surface area contributed by atoms with E-state index in [4.69, 9.17) is 5.73 Å². The average Bonchev–Trinajstić information content (AvgIpc) is 2.88. The summed E-state index contributed by atoms with van der Waals surface area (Å²) in [6, 6.07) is 9.69. The third-order valence-electron chi connectivity index (χ3n) is 5.53. The predicted octanol–water partition coefficient (Wildman–Crippen LogP) is 2.94. The van der Waals surface area contributed by atoms with Gasteiger partial charge in [-0.2, -0.15) is 0 Å². The summed E-state index contributed by atoms with van der Waals surface area (Å²) in [5.41, 5.74) is 10.8. The first kappa shape index (κ1) is 11.9. The molecular formula is C17H24N2. The van der Waals surface area contributed by atoms with E-state index in [-0.39, 0.29) is 0 Å². The molecule has 2 heterocycles. The van der Waals surface area contributed by atoms with Crippen molar-refractivity contribution in [3.63, 3.8) is 0 Å². The Kier molecular flexibility index (Phi) is 2.71. The highest BCUT2D eigenvalue weighted by molar-refractivity contribution is 5.38. The zero-order valence-electron chi connectivity index (χ0n) is 11.8. The molecule has 1 aromatic carbocycles. The van der Waals surface area contributed by atoms with Crippen LogP contribution in [0.2, 0.25) is 0 Å². The van der Waals surface area contributed by atoms with E-state index in [0.29, 0.717) is 12.1 Å². The average molecular weight is 256 g/mol. The first-order chi connectivity index (χ1) is 9.22. The Labute approximate surface area is 116 Å². The SMILES string of the molecule is Cc1ccc2c(c1)C(N1C3CCC1CC(N)C3)CC2. The van der Waals surface area contributed by atoms with Crippen molar-refractivity contribution in [2.45, 2.75) is 69.6 Å². The summed E-state index contributed by atoms with van der Waals surface area (Å²) < 4.78 is 0. The minimum absolute atomic E-state index is 0.451. The molecule has 0 saturated carbocycles. The maximum absolute atomic E-state index is 6.21. The van der Waals surface area contributed by atoms with Crippen molar-refractivity contribution in [1.29, 1.82) is 0 Å². The van der Waals surface area contributed by atoms with Gasteiger partial charge in [0.25, 0.3) is 0 Å². The summed E-state index contributed by atoms with van der Waals surface area (Å²) in [5, 5.41) is 0. The van der Waals surface area contributed by atoms with E-state index in [0.717, 1.165) is 12.1 Å². The van der Waals surface area contributed by atoms with Gasteiger partial charge in [0.2, 0.25) is 0 Å². The van der Waals surface area contributed by atoms with Gasteiger partial charge >= 0.3 is 0 Å². The molecule has 0 aromatic heterocycles. The quantitative estimate of drug-likeness (QED) is 0.837. The van der Waals surface area contributed by atoms with E-state index < -0.39 is 0 Å². The van der Waals surface area contributed by atoms with Crippen LogP contribution in [0.15, 0.2) is 18.2 Å². The van der Waals surface area contributed by atoms with Crippen molar-refractivity contribution in [1.82, 2.24) is 4.90 Å². The molecule has 2 aliphatic heterocycles. The molecule has 0 spiro atoms. The van der Waals surface area contributed by atoms with Gasteiger partial charge < -0.3 is 5.73 Å². The van der Waals surface area contributed by atoms with Crippen molar-refractivity contribution in [2.24, 2.45) is 5.73 Å². The molecule has 2 bridgehead atoms. The van der Waals surface area contributed by atoms with Crippen LogP contribution in [0.4, 0.5) is 0 Å². The van der Waals surface area contributed by atoms with Gasteiger partial charge in [-0.05, 0) is 56.6 Å². The van der Waals surface area contributed by atoms with E-state index in [1.165, 1.54) is 44.1 Å². The first-order valence-corrected chi connectivity index (χ1v) is 7.85. The second kappa shape index (κ2) is 4.32. The molecule has 1 aliphatic carbocycles. The number of nitrogens with zero attached hydrogens (tertiary/aromatic N) is 1. The molecular weight excluding hydrogens is 232 g/mol. The van der Waals surface area contributed by atoms with Crippen LogP contribution in [0, 0.1) is 6.92 Å². The lowest BCUT2D eigenvalue weighted by Crippen LogP contribution is -2.48. The number of benzene rings is 1. The van der Waals surface area contributed by atoms with Crippen LogP contribution in [-0.4, -0.2) is 23.0 Å². The van der Waals surface area contributed by atoms with E-state index >= 15 is 0 Å². The van der Waals surface area contributed by atoms with Crippen LogP contribution < -0.4 is 5.73 Å². The topological polar surface area (TPSA) is 29.3 Å². The van der Waals surface area contributed by atoms with Gasteiger partial charge in [0, 0.05) is 24.2 Å². The Bertz CT molecular complexity index is 482. The molecule has 2 N–H and O–H groups in total. The Morgan fingerprint density at radius 2 is 1.84 bits per heavy atom. The van der Waals surface area contributed by atoms with Crippen LogP contribution >= 0.6 is 0 Å². The van der Waals surface area contributed by atoms with Crippen molar-refractivity contribution in [2.75, 3.05) is 0 Å². The Morgan fingerprint density at radius 1 is 1.11 bits per heavy atom. The smallest absolute Gasteiger partial charge is 0.0360 e. The first-order valence-electron chi connectivity index (χ1n) is 7.85. The highest BCUT2D eigenvalue weighted by Crippen LogP contribution is 2.46. The van der Waals surface area contributed by atoms with Gasteiger partial charge in [-0.1, -0.05) is 23.8 Å². The molecule has 2 nitrogen and oxygen atoms in total. The van der Waals surface area contributed by atoms with Crippen molar-refractivity contribution in [3.8, 4) is 0 Å². The van der Waals surface area contributed by atoms with Gasteiger partial charge in [-0.15, -0.1) is 0 Å². The minimum atomic E-state index is 0.451. The van der Waals surface area contributed by atoms with E-state index in [9.17, 15) is 0 Å². The highest BCUT2D eigenvalue weighted by atomic mass is 15.3. The maximum atomic E-state index is 6.21. The Morgan fingerprint density at radius 3 is 2.58 bits per heavy atom. The third-order valence-corrected chi connectivity index (χ3v) is 5.53. The molecule has 1 aromatic rings. The lowest BCUT2D eigenvalue weighted by atomic mass is 9.94. The third kappa shape index (κ3) is 1.85. The van der Waals surface area contributed by atoms with E-state index in [1.807, 2.05) is 0 Å². The molecule has 19 heavy (non-hydrogen) atoms. The Hall–Kier alpha value is -0.860. The summed E-state index contributed by atoms with van der Waals surface area (Å²) in [4.78, 5) is 2.84. The molecule has 3 atom stereocenters. The summed E-state index contributed by atoms with van der Waals surface area (Å²) in [6.45, 7) is 2.22. The van der Waals surface area contributed by atoms with Crippen LogP contribution in [0.1, 0.15) is 54.8 Å². The lowest BCUT2D eigenvalue weighted by Gasteiger charge is -2.42.